The van der Waals surface area contributed by atoms with Crippen LogP contribution in [0.2, 0.25) is 0 Å². The molecule has 0 bridgehead atoms. The summed E-state index contributed by atoms with van der Waals surface area (Å²) in [6.45, 7) is 2.54. The average Bonchev–Trinajstić information content (AvgIpc) is 2.30. The molecule has 1 aromatic carbocycles. The highest BCUT2D eigenvalue weighted by atomic mass is 16.4. The number of aromatic carboxylic acids is 1. The van der Waals surface area contributed by atoms with Gasteiger partial charge in [0.05, 0.1) is 0 Å². The smallest absolute Gasteiger partial charge is 0.339 e. The summed E-state index contributed by atoms with van der Waals surface area (Å²) in [5, 5.41) is 24.8. The van der Waals surface area contributed by atoms with Gasteiger partial charge in [-0.05, 0) is 17.7 Å². The summed E-state index contributed by atoms with van der Waals surface area (Å²) >= 11 is 0. The van der Waals surface area contributed by atoms with Gasteiger partial charge in [0.1, 0.15) is 11.3 Å². The molecule has 1 heterocycles. The molecule has 1 aliphatic rings. The van der Waals surface area contributed by atoms with Crippen LogP contribution in [0.3, 0.4) is 0 Å². The van der Waals surface area contributed by atoms with E-state index in [0.717, 1.165) is 25.2 Å². The Kier molecular flexibility index (Phi) is 3.07. The largest absolute Gasteiger partial charge is 0.507 e. The minimum atomic E-state index is -1.11. The molecular weight excluding hydrogens is 208 g/mol. The molecule has 1 atom stereocenters. The number of hydrogen-bond donors (Lipinski definition) is 4. The Balaban J connectivity index is 2.27. The highest BCUT2D eigenvalue weighted by molar-refractivity contribution is 5.90. The van der Waals surface area contributed by atoms with Crippen molar-refractivity contribution in [1.29, 1.82) is 0 Å². The Hall–Kier alpha value is -1.59. The Bertz CT molecular complexity index is 400. The van der Waals surface area contributed by atoms with Gasteiger partial charge in [0.2, 0.25) is 0 Å². The van der Waals surface area contributed by atoms with Gasteiger partial charge in [-0.1, -0.05) is 6.07 Å². The van der Waals surface area contributed by atoms with E-state index < -0.39 is 5.97 Å². The van der Waals surface area contributed by atoms with Crippen LogP contribution in [-0.4, -0.2) is 35.8 Å². The normalized spacial score (nSPS) is 20.6. The Labute approximate surface area is 93.1 Å². The predicted molar refractivity (Wildman–Crippen MR) is 58.7 cm³/mol. The monoisotopic (exact) mass is 222 g/mol. The van der Waals surface area contributed by atoms with Gasteiger partial charge in [0, 0.05) is 25.7 Å². The van der Waals surface area contributed by atoms with Gasteiger partial charge in [-0.25, -0.2) is 4.79 Å². The third-order valence-electron chi connectivity index (χ3n) is 2.69. The lowest BCUT2D eigenvalue weighted by Crippen LogP contribution is -2.42. The zero-order valence-corrected chi connectivity index (χ0v) is 8.73. The molecule has 0 aromatic heterocycles. The van der Waals surface area contributed by atoms with Gasteiger partial charge in [-0.15, -0.1) is 0 Å². The lowest BCUT2D eigenvalue weighted by molar-refractivity contribution is 0.0693. The van der Waals surface area contributed by atoms with E-state index in [1.165, 1.54) is 12.1 Å². The molecule has 1 saturated heterocycles. The molecule has 5 heteroatoms. The van der Waals surface area contributed by atoms with Crippen molar-refractivity contribution >= 4 is 5.97 Å². The van der Waals surface area contributed by atoms with E-state index in [0.29, 0.717) is 0 Å². The van der Waals surface area contributed by atoms with Crippen LogP contribution < -0.4 is 10.6 Å². The fourth-order valence-electron chi connectivity index (χ4n) is 1.83. The van der Waals surface area contributed by atoms with Gasteiger partial charge >= 0.3 is 5.97 Å². The van der Waals surface area contributed by atoms with Crippen molar-refractivity contribution in [2.24, 2.45) is 0 Å². The molecule has 86 valence electrons. The van der Waals surface area contributed by atoms with E-state index in [1.807, 2.05) is 0 Å². The highest BCUT2D eigenvalue weighted by Gasteiger charge is 2.17. The fraction of sp³-hybridized carbons (Fsp3) is 0.364. The summed E-state index contributed by atoms with van der Waals surface area (Å²) in [4.78, 5) is 10.9. The number of benzene rings is 1. The topological polar surface area (TPSA) is 81.6 Å². The van der Waals surface area contributed by atoms with Crippen LogP contribution in [0, 0.1) is 0 Å². The molecule has 0 spiro atoms. The van der Waals surface area contributed by atoms with Gasteiger partial charge in [-0.3, -0.25) is 0 Å². The van der Waals surface area contributed by atoms with Crippen LogP contribution in [0.4, 0.5) is 0 Å². The zero-order valence-electron chi connectivity index (χ0n) is 8.73. The van der Waals surface area contributed by atoms with E-state index >= 15 is 0 Å². The molecule has 1 aliphatic heterocycles. The first-order chi connectivity index (χ1) is 7.68. The first-order valence-corrected chi connectivity index (χ1v) is 5.19. The summed E-state index contributed by atoms with van der Waals surface area (Å²) in [6.07, 6.45) is 0. The molecule has 0 amide bonds. The number of nitrogens with one attached hydrogen (secondary N) is 2. The first-order valence-electron chi connectivity index (χ1n) is 5.19. The fourth-order valence-corrected chi connectivity index (χ4v) is 1.83. The Morgan fingerprint density at radius 2 is 2.19 bits per heavy atom. The summed E-state index contributed by atoms with van der Waals surface area (Å²) < 4.78 is 0. The van der Waals surface area contributed by atoms with Crippen LogP contribution in [0.25, 0.3) is 0 Å². The Morgan fingerprint density at radius 3 is 2.81 bits per heavy atom. The number of phenols is 1. The maximum Gasteiger partial charge on any atom is 0.339 e. The quantitative estimate of drug-likeness (QED) is 0.579. The number of carbonyl (C=O) groups is 1. The van der Waals surface area contributed by atoms with Crippen molar-refractivity contribution in [2.75, 3.05) is 19.6 Å². The molecule has 0 radical (unpaired) electrons. The SMILES string of the molecule is O=C(O)c1cc([C@@H]2CNCCN2)ccc1O. The summed E-state index contributed by atoms with van der Waals surface area (Å²) in [5.74, 6) is -1.30. The van der Waals surface area contributed by atoms with Gasteiger partial charge in [-0.2, -0.15) is 0 Å². The second kappa shape index (κ2) is 4.51. The van der Waals surface area contributed by atoms with Crippen molar-refractivity contribution in [3.05, 3.63) is 29.3 Å². The molecule has 4 N–H and O–H groups in total. The summed E-state index contributed by atoms with van der Waals surface area (Å²) in [5.41, 5.74) is 0.826. The van der Waals surface area contributed by atoms with E-state index in [2.05, 4.69) is 10.6 Å². The third kappa shape index (κ3) is 2.15. The number of aromatic hydroxyl groups is 1. The zero-order chi connectivity index (χ0) is 11.5. The molecule has 0 saturated carbocycles. The number of piperazine rings is 1. The Morgan fingerprint density at radius 1 is 1.38 bits per heavy atom. The van der Waals surface area contributed by atoms with Crippen LogP contribution >= 0.6 is 0 Å². The van der Waals surface area contributed by atoms with Crippen LogP contribution in [0.5, 0.6) is 5.75 Å². The molecule has 0 aliphatic carbocycles. The highest BCUT2D eigenvalue weighted by Crippen LogP contribution is 2.22. The number of rotatable bonds is 2. The third-order valence-corrected chi connectivity index (χ3v) is 2.69. The number of carboxylic acid groups (broad SMARTS) is 1. The second-order valence-electron chi connectivity index (χ2n) is 3.79. The summed E-state index contributed by atoms with van der Waals surface area (Å²) in [6, 6.07) is 4.79. The predicted octanol–water partition coefficient (Wildman–Crippen LogP) is 0.324. The molecular formula is C11H14N2O3. The molecule has 16 heavy (non-hydrogen) atoms. The van der Waals surface area contributed by atoms with Gasteiger partial charge < -0.3 is 20.8 Å². The van der Waals surface area contributed by atoms with E-state index in [4.69, 9.17) is 5.11 Å². The maximum absolute atomic E-state index is 10.9. The van der Waals surface area contributed by atoms with Crippen molar-refractivity contribution in [3.63, 3.8) is 0 Å². The average molecular weight is 222 g/mol. The van der Waals surface area contributed by atoms with Crippen molar-refractivity contribution < 1.29 is 15.0 Å². The summed E-state index contributed by atoms with van der Waals surface area (Å²) in [7, 11) is 0. The molecule has 5 nitrogen and oxygen atoms in total. The lowest BCUT2D eigenvalue weighted by Gasteiger charge is -2.25. The second-order valence-corrected chi connectivity index (χ2v) is 3.79. The van der Waals surface area contributed by atoms with Crippen molar-refractivity contribution in [3.8, 4) is 5.75 Å². The molecule has 2 rings (SSSR count). The number of carboxylic acids is 1. The van der Waals surface area contributed by atoms with Gasteiger partial charge in [0.25, 0.3) is 0 Å². The van der Waals surface area contributed by atoms with Crippen LogP contribution in [0.1, 0.15) is 22.0 Å². The number of hydrogen-bond acceptors (Lipinski definition) is 4. The maximum atomic E-state index is 10.9. The van der Waals surface area contributed by atoms with Crippen molar-refractivity contribution in [1.82, 2.24) is 10.6 Å². The first kappa shape index (κ1) is 10.9. The molecule has 0 unspecified atom stereocenters. The van der Waals surface area contributed by atoms with Crippen molar-refractivity contribution in [2.45, 2.75) is 6.04 Å². The van der Waals surface area contributed by atoms with Crippen LogP contribution in [0.15, 0.2) is 18.2 Å². The minimum absolute atomic E-state index is 0.0510. The van der Waals surface area contributed by atoms with E-state index in [1.54, 1.807) is 6.07 Å². The lowest BCUT2D eigenvalue weighted by atomic mass is 10.0. The molecule has 1 fully saturated rings. The van der Waals surface area contributed by atoms with Crippen LogP contribution in [-0.2, 0) is 0 Å². The minimum Gasteiger partial charge on any atom is -0.507 e. The standard InChI is InChI=1S/C11H14N2O3/c14-10-2-1-7(5-8(10)11(15)16)9-6-12-3-4-13-9/h1-2,5,9,12-14H,3-4,6H2,(H,15,16)/t9-/m0/s1. The van der Waals surface area contributed by atoms with Gasteiger partial charge in [0.15, 0.2) is 0 Å². The van der Waals surface area contributed by atoms with E-state index in [9.17, 15) is 9.90 Å². The van der Waals surface area contributed by atoms with E-state index in [-0.39, 0.29) is 17.4 Å². The molecule has 1 aromatic rings.